The van der Waals surface area contributed by atoms with Crippen molar-refractivity contribution in [2.45, 2.75) is 75.0 Å². The zero-order valence-electron chi connectivity index (χ0n) is 18.5. The Kier molecular flexibility index (Phi) is 10.1. The van der Waals surface area contributed by atoms with Gasteiger partial charge in [-0.25, -0.2) is 0 Å². The minimum atomic E-state index is -4.49. The smallest absolute Gasteiger partial charge is 0.416 e. The van der Waals surface area contributed by atoms with Crippen molar-refractivity contribution in [2.24, 2.45) is 5.92 Å². The van der Waals surface area contributed by atoms with Crippen molar-refractivity contribution in [2.75, 3.05) is 12.4 Å². The number of halogens is 3. The Morgan fingerprint density at radius 3 is 2.58 bits per heavy atom. The molecule has 1 fully saturated rings. The molecule has 10 heteroatoms. The minimum absolute atomic E-state index is 0.00745. The Bertz CT molecular complexity index is 799. The summed E-state index contributed by atoms with van der Waals surface area (Å²) in [5.74, 6) is -1.07. The van der Waals surface area contributed by atoms with Gasteiger partial charge >= 0.3 is 12.1 Å². The van der Waals surface area contributed by atoms with Crippen molar-refractivity contribution in [3.05, 3.63) is 29.8 Å². The summed E-state index contributed by atoms with van der Waals surface area (Å²) >= 11 is 1.27. The van der Waals surface area contributed by atoms with Crippen LogP contribution >= 0.6 is 11.8 Å². The van der Waals surface area contributed by atoms with Gasteiger partial charge in [-0.05, 0) is 38.0 Å². The highest BCUT2D eigenvalue weighted by Gasteiger charge is 2.42. The lowest BCUT2D eigenvalue weighted by atomic mass is 9.98. The molecule has 2 unspecified atom stereocenters. The molecule has 0 saturated heterocycles. The number of hydrogen-bond donors (Lipinski definition) is 3. The van der Waals surface area contributed by atoms with Gasteiger partial charge in [0.1, 0.15) is 23.7 Å². The summed E-state index contributed by atoms with van der Waals surface area (Å²) in [5, 5.41) is 29.2. The number of unbranched alkanes of at least 4 members (excludes halogenated alkanes) is 3. The Hall–Kier alpha value is -1.78. The third kappa shape index (κ3) is 9.17. The zero-order valence-corrected chi connectivity index (χ0v) is 19.3. The van der Waals surface area contributed by atoms with Gasteiger partial charge in [0.15, 0.2) is 0 Å². The first-order valence-electron chi connectivity index (χ1n) is 11.0. The first-order valence-corrected chi connectivity index (χ1v) is 12.0. The number of Topliss-reactive ketones (excluding diaryl/α,β-unsaturated/α-hetero) is 1. The quantitative estimate of drug-likeness (QED) is 0.353. The summed E-state index contributed by atoms with van der Waals surface area (Å²) in [7, 11) is 0. The molecule has 186 valence electrons. The molecule has 2 rings (SSSR count). The second-order valence-corrected chi connectivity index (χ2v) is 9.94. The summed E-state index contributed by atoms with van der Waals surface area (Å²) in [6.07, 6.45) is -1.65. The lowest BCUT2D eigenvalue weighted by molar-refractivity contribution is -0.138. The Morgan fingerprint density at radius 1 is 1.21 bits per heavy atom. The Balaban J connectivity index is 1.83. The van der Waals surface area contributed by atoms with Gasteiger partial charge in [0.05, 0.1) is 11.7 Å². The van der Waals surface area contributed by atoms with Gasteiger partial charge < -0.3 is 20.1 Å². The van der Waals surface area contributed by atoms with E-state index in [1.807, 2.05) is 0 Å². The van der Waals surface area contributed by atoms with Gasteiger partial charge in [0.25, 0.3) is 0 Å². The highest BCUT2D eigenvalue weighted by molar-refractivity contribution is 8.00. The lowest BCUT2D eigenvalue weighted by Gasteiger charge is -2.27. The van der Waals surface area contributed by atoms with E-state index in [4.69, 9.17) is 9.84 Å². The van der Waals surface area contributed by atoms with E-state index in [0.29, 0.717) is 12.8 Å². The molecular formula is C23H31F3O6S. The molecule has 1 aliphatic carbocycles. The molecule has 0 bridgehead atoms. The standard InChI is InChI=1S/C23H31F3O6S/c1-22(31,13-32-16-8-6-7-15(11-16)23(24,25)26)14-33-21-17(18(27)12-19(21)28)9-4-2-3-5-10-20(29)30/h6-8,11,17,19,21,28,31H,2-5,9-10,12-14H2,1H3,(H,29,30)/t17-,19?,21+,22?/m0/s1. The van der Waals surface area contributed by atoms with Crippen LogP contribution in [0.15, 0.2) is 24.3 Å². The molecule has 0 heterocycles. The van der Waals surface area contributed by atoms with Crippen LogP contribution in [0.2, 0.25) is 0 Å². The number of carboxylic acids is 1. The van der Waals surface area contributed by atoms with Crippen molar-refractivity contribution in [1.82, 2.24) is 0 Å². The van der Waals surface area contributed by atoms with Gasteiger partial charge in [0.2, 0.25) is 0 Å². The molecule has 0 radical (unpaired) electrons. The number of hydrogen-bond acceptors (Lipinski definition) is 6. The number of aliphatic carboxylic acids is 1. The lowest BCUT2D eigenvalue weighted by Crippen LogP contribution is -2.37. The first kappa shape index (κ1) is 27.5. The van der Waals surface area contributed by atoms with Gasteiger partial charge in [-0.2, -0.15) is 24.9 Å². The predicted octanol–water partition coefficient (Wildman–Crippen LogP) is 4.31. The molecule has 1 aliphatic rings. The fourth-order valence-corrected chi connectivity index (χ4v) is 5.26. The highest BCUT2D eigenvalue weighted by Crippen LogP contribution is 2.38. The van der Waals surface area contributed by atoms with E-state index in [1.54, 1.807) is 0 Å². The van der Waals surface area contributed by atoms with E-state index in [9.17, 15) is 33.0 Å². The number of alkyl halides is 3. The highest BCUT2D eigenvalue weighted by atomic mass is 32.2. The molecule has 33 heavy (non-hydrogen) atoms. The molecule has 4 atom stereocenters. The number of carboxylic acid groups (broad SMARTS) is 1. The second-order valence-electron chi connectivity index (χ2n) is 8.78. The molecule has 3 N–H and O–H groups in total. The molecule has 1 aromatic rings. The number of aliphatic hydroxyl groups excluding tert-OH is 1. The molecular weight excluding hydrogens is 461 g/mol. The van der Waals surface area contributed by atoms with E-state index in [0.717, 1.165) is 31.4 Å². The topological polar surface area (TPSA) is 104 Å². The van der Waals surface area contributed by atoms with E-state index in [2.05, 4.69) is 0 Å². The number of carbonyl (C=O) groups excluding carboxylic acids is 1. The third-order valence-corrected chi connectivity index (χ3v) is 7.37. The monoisotopic (exact) mass is 492 g/mol. The molecule has 0 aromatic heterocycles. The Labute approximate surface area is 195 Å². The second kappa shape index (κ2) is 12.1. The van der Waals surface area contributed by atoms with Crippen molar-refractivity contribution in [3.8, 4) is 5.75 Å². The van der Waals surface area contributed by atoms with Gasteiger partial charge in [0, 0.05) is 29.8 Å². The van der Waals surface area contributed by atoms with Crippen molar-refractivity contribution >= 4 is 23.5 Å². The fourth-order valence-electron chi connectivity index (χ4n) is 3.79. The third-order valence-electron chi connectivity index (χ3n) is 5.55. The van der Waals surface area contributed by atoms with Gasteiger partial charge in [-0.15, -0.1) is 0 Å². The molecule has 0 amide bonds. The van der Waals surface area contributed by atoms with E-state index in [1.165, 1.54) is 30.8 Å². The normalized spacial score (nSPS) is 22.8. The summed E-state index contributed by atoms with van der Waals surface area (Å²) < 4.78 is 43.9. The van der Waals surface area contributed by atoms with Crippen molar-refractivity contribution < 1.29 is 42.8 Å². The van der Waals surface area contributed by atoms with Gasteiger partial charge in [-0.3, -0.25) is 9.59 Å². The maximum Gasteiger partial charge on any atom is 0.416 e. The summed E-state index contributed by atoms with van der Waals surface area (Å²) in [6.45, 7) is 1.25. The number of aliphatic hydroxyl groups is 2. The van der Waals surface area contributed by atoms with E-state index >= 15 is 0 Å². The van der Waals surface area contributed by atoms with Crippen LogP contribution in [-0.4, -0.2) is 56.4 Å². The van der Waals surface area contributed by atoms with Crippen LogP contribution in [0, 0.1) is 5.92 Å². The van der Waals surface area contributed by atoms with Gasteiger partial charge in [-0.1, -0.05) is 25.3 Å². The fraction of sp³-hybridized carbons (Fsp3) is 0.652. The molecule has 6 nitrogen and oxygen atoms in total. The molecule has 1 saturated carbocycles. The first-order chi connectivity index (χ1) is 15.4. The Morgan fingerprint density at radius 2 is 1.91 bits per heavy atom. The number of benzene rings is 1. The average molecular weight is 493 g/mol. The summed E-state index contributed by atoms with van der Waals surface area (Å²) in [5.41, 5.74) is -2.22. The van der Waals surface area contributed by atoms with Crippen LogP contribution < -0.4 is 4.74 Å². The maximum atomic E-state index is 12.8. The van der Waals surface area contributed by atoms with Crippen LogP contribution in [0.4, 0.5) is 13.2 Å². The minimum Gasteiger partial charge on any atom is -0.491 e. The molecule has 0 aliphatic heterocycles. The summed E-state index contributed by atoms with van der Waals surface area (Å²) in [6, 6.07) is 4.42. The van der Waals surface area contributed by atoms with Crippen LogP contribution in [0.3, 0.4) is 0 Å². The van der Waals surface area contributed by atoms with E-state index < -0.39 is 29.4 Å². The number of ether oxygens (including phenoxy) is 1. The van der Waals surface area contributed by atoms with Crippen molar-refractivity contribution in [1.29, 1.82) is 0 Å². The predicted molar refractivity (Wildman–Crippen MR) is 118 cm³/mol. The largest absolute Gasteiger partial charge is 0.491 e. The van der Waals surface area contributed by atoms with Crippen LogP contribution in [0.1, 0.15) is 57.4 Å². The van der Waals surface area contributed by atoms with Crippen molar-refractivity contribution in [3.63, 3.8) is 0 Å². The number of thioether (sulfide) groups is 1. The zero-order chi connectivity index (χ0) is 24.6. The summed E-state index contributed by atoms with van der Waals surface area (Å²) in [4.78, 5) is 22.9. The SMILES string of the molecule is CC(O)(COc1cccc(C(F)(F)F)c1)CS[C@H]1C(O)CC(=O)[C@@H]1CCCCCCC(=O)O. The number of carbonyl (C=O) groups is 2. The number of ketones is 1. The maximum absolute atomic E-state index is 12.8. The number of rotatable bonds is 13. The molecule has 1 aromatic carbocycles. The van der Waals surface area contributed by atoms with Crippen LogP contribution in [-0.2, 0) is 15.8 Å². The van der Waals surface area contributed by atoms with Crippen LogP contribution in [0.25, 0.3) is 0 Å². The molecule has 0 spiro atoms. The average Bonchev–Trinajstić information content (AvgIpc) is 2.99. The van der Waals surface area contributed by atoms with Crippen LogP contribution in [0.5, 0.6) is 5.75 Å². The van der Waals surface area contributed by atoms with E-state index in [-0.39, 0.29) is 47.9 Å².